The van der Waals surface area contributed by atoms with Crippen molar-refractivity contribution in [2.24, 2.45) is 0 Å². The lowest BCUT2D eigenvalue weighted by atomic mass is 10.5. The van der Waals surface area contributed by atoms with E-state index in [1.165, 1.54) is 0 Å². The Kier molecular flexibility index (Phi) is 9.29. The van der Waals surface area contributed by atoms with Crippen LogP contribution in [0.1, 0.15) is 0 Å². The molecule has 0 unspecified atom stereocenters. The van der Waals surface area contributed by atoms with E-state index in [-0.39, 0.29) is 49.7 Å². The molecule has 16 nitrogen and oxygen atoms in total. The van der Waals surface area contributed by atoms with Crippen LogP contribution in [0.2, 0.25) is 0 Å². The fourth-order valence-corrected chi connectivity index (χ4v) is 7.50. The van der Waals surface area contributed by atoms with Gasteiger partial charge in [0.15, 0.2) is 0 Å². The first-order valence-electron chi connectivity index (χ1n) is 10.5. The first kappa shape index (κ1) is 28.1. The number of nitrogens with one attached hydrogen (secondary N) is 4. The van der Waals surface area contributed by atoms with Gasteiger partial charge in [-0.05, 0) is 0 Å². The zero-order valence-corrected chi connectivity index (χ0v) is 21.9. The molecule has 0 bridgehead atoms. The molecule has 20 heteroatoms. The van der Waals surface area contributed by atoms with Crippen molar-refractivity contribution in [1.82, 2.24) is 38.5 Å². The van der Waals surface area contributed by atoms with Crippen molar-refractivity contribution < 1.29 is 33.7 Å². The molecule has 4 aliphatic heterocycles. The molecule has 0 aromatic rings. The maximum atomic E-state index is 11.1. The largest absolute Gasteiger partial charge is 0.276 e. The summed E-state index contributed by atoms with van der Waals surface area (Å²) in [5.74, 6) is 0.359. The Hall–Kier alpha value is -0.520. The molecule has 0 amide bonds. The van der Waals surface area contributed by atoms with E-state index >= 15 is 0 Å². The Morgan fingerprint density at radius 3 is 0.765 bits per heavy atom. The minimum absolute atomic E-state index is 0.0898. The Morgan fingerprint density at radius 1 is 0.412 bits per heavy atom. The zero-order valence-electron chi connectivity index (χ0n) is 18.6. The lowest BCUT2D eigenvalue weighted by Crippen LogP contribution is -2.55. The average molecular weight is 569 g/mol. The third kappa shape index (κ3) is 9.50. The summed E-state index contributed by atoms with van der Waals surface area (Å²) >= 11 is 0. The predicted octanol–water partition coefficient (Wildman–Crippen LogP) is -5.34. The van der Waals surface area contributed by atoms with E-state index in [0.29, 0.717) is 39.5 Å². The standard InChI is InChI=1S/2C7H16N4O4S2/c2*12-16(13)3-1-10(5-8-16)7-11-2-4-17(14,15)9-6-11/h2*8-9H,1-7H2. The van der Waals surface area contributed by atoms with Crippen molar-refractivity contribution in [2.75, 3.05) is 89.2 Å². The quantitative estimate of drug-likeness (QED) is 0.252. The lowest BCUT2D eigenvalue weighted by Gasteiger charge is -2.34. The summed E-state index contributed by atoms with van der Waals surface area (Å²) in [6, 6.07) is 0. The van der Waals surface area contributed by atoms with Gasteiger partial charge in [0, 0.05) is 26.2 Å². The van der Waals surface area contributed by atoms with Crippen molar-refractivity contribution in [1.29, 1.82) is 0 Å². The number of rotatable bonds is 4. The highest BCUT2D eigenvalue weighted by Crippen LogP contribution is 2.05. The second-order valence-corrected chi connectivity index (χ2v) is 16.1. The monoisotopic (exact) mass is 568 g/mol. The van der Waals surface area contributed by atoms with Crippen molar-refractivity contribution in [2.45, 2.75) is 0 Å². The Labute approximate surface area is 201 Å². The molecule has 0 spiro atoms. The molecule has 4 saturated heterocycles. The van der Waals surface area contributed by atoms with E-state index < -0.39 is 40.1 Å². The third-order valence-electron chi connectivity index (χ3n) is 5.54. The third-order valence-corrected chi connectivity index (χ3v) is 10.7. The molecule has 0 aliphatic carbocycles. The van der Waals surface area contributed by atoms with Crippen molar-refractivity contribution in [3.05, 3.63) is 0 Å². The zero-order chi connectivity index (χ0) is 25.0. The van der Waals surface area contributed by atoms with E-state index in [9.17, 15) is 33.7 Å². The predicted molar refractivity (Wildman–Crippen MR) is 124 cm³/mol. The molecule has 4 rings (SSSR count). The highest BCUT2D eigenvalue weighted by atomic mass is 32.2. The van der Waals surface area contributed by atoms with Crippen LogP contribution in [0.3, 0.4) is 0 Å². The van der Waals surface area contributed by atoms with E-state index in [4.69, 9.17) is 0 Å². The van der Waals surface area contributed by atoms with Crippen LogP contribution < -0.4 is 18.9 Å². The molecule has 34 heavy (non-hydrogen) atoms. The summed E-state index contributed by atoms with van der Waals surface area (Å²) in [6.07, 6.45) is 0. The summed E-state index contributed by atoms with van der Waals surface area (Å²) < 4.78 is 98.8. The van der Waals surface area contributed by atoms with Gasteiger partial charge in [-0.25, -0.2) is 52.6 Å². The molecular formula is C14H32N8O8S4. The Morgan fingerprint density at radius 2 is 0.618 bits per heavy atom. The topological polar surface area (TPSA) is 198 Å². The van der Waals surface area contributed by atoms with Crippen LogP contribution in [0.15, 0.2) is 0 Å². The summed E-state index contributed by atoms with van der Waals surface area (Å²) in [5, 5.41) is 0. The van der Waals surface area contributed by atoms with E-state index in [2.05, 4.69) is 18.9 Å². The molecule has 0 atom stereocenters. The molecule has 4 fully saturated rings. The van der Waals surface area contributed by atoms with Crippen molar-refractivity contribution in [3.8, 4) is 0 Å². The van der Waals surface area contributed by atoms with Crippen LogP contribution in [-0.4, -0.2) is 142 Å². The maximum Gasteiger partial charge on any atom is 0.213 e. The van der Waals surface area contributed by atoms with Gasteiger partial charge >= 0.3 is 0 Å². The van der Waals surface area contributed by atoms with Gasteiger partial charge in [0.05, 0.1) is 63.0 Å². The van der Waals surface area contributed by atoms with Crippen LogP contribution in [0, 0.1) is 0 Å². The number of hydrogen-bond donors (Lipinski definition) is 4. The van der Waals surface area contributed by atoms with Crippen LogP contribution in [0.25, 0.3) is 0 Å². The fourth-order valence-electron chi connectivity index (χ4n) is 3.41. The Bertz CT molecular complexity index is 894. The smallest absolute Gasteiger partial charge is 0.213 e. The number of nitrogens with zero attached hydrogens (tertiary/aromatic N) is 4. The molecule has 4 heterocycles. The number of hydrogen-bond acceptors (Lipinski definition) is 12. The minimum Gasteiger partial charge on any atom is -0.276 e. The normalized spacial score (nSPS) is 30.1. The van der Waals surface area contributed by atoms with Gasteiger partial charge in [0.25, 0.3) is 0 Å². The lowest BCUT2D eigenvalue weighted by molar-refractivity contribution is 0.130. The van der Waals surface area contributed by atoms with Gasteiger partial charge in [-0.15, -0.1) is 0 Å². The van der Waals surface area contributed by atoms with Crippen molar-refractivity contribution in [3.63, 3.8) is 0 Å². The SMILES string of the molecule is O=S1(=O)CCN(CN2CCS(=O)(=O)NC2)CN1.O=S1(=O)CCN(CN2CCS(=O)(=O)NC2)CN1. The van der Waals surface area contributed by atoms with Crippen LogP contribution in [0.4, 0.5) is 0 Å². The van der Waals surface area contributed by atoms with Gasteiger partial charge in [0.2, 0.25) is 40.1 Å². The van der Waals surface area contributed by atoms with Crippen LogP contribution in [0.5, 0.6) is 0 Å². The maximum absolute atomic E-state index is 11.1. The molecule has 4 N–H and O–H groups in total. The Balaban J connectivity index is 0.000000191. The summed E-state index contributed by atoms with van der Waals surface area (Å²) in [5.41, 5.74) is 0. The number of sulfonamides is 4. The average Bonchev–Trinajstić information content (AvgIpc) is 2.74. The highest BCUT2D eigenvalue weighted by molar-refractivity contribution is 7.90. The fraction of sp³-hybridized carbons (Fsp3) is 1.00. The summed E-state index contributed by atoms with van der Waals surface area (Å²) in [6.45, 7) is 4.14. The summed E-state index contributed by atoms with van der Waals surface area (Å²) in [4.78, 5) is 7.72. The minimum atomic E-state index is -3.10. The molecule has 0 saturated carbocycles. The van der Waals surface area contributed by atoms with Gasteiger partial charge < -0.3 is 0 Å². The van der Waals surface area contributed by atoms with E-state index in [1.807, 2.05) is 19.6 Å². The summed E-state index contributed by atoms with van der Waals surface area (Å²) in [7, 11) is -12.4. The van der Waals surface area contributed by atoms with Gasteiger partial charge in [-0.3, -0.25) is 19.6 Å². The first-order chi connectivity index (χ1) is 15.7. The first-order valence-corrected chi connectivity index (χ1v) is 17.1. The van der Waals surface area contributed by atoms with E-state index in [0.717, 1.165) is 0 Å². The van der Waals surface area contributed by atoms with Crippen molar-refractivity contribution >= 4 is 40.1 Å². The van der Waals surface area contributed by atoms with Crippen LogP contribution >= 0.6 is 0 Å². The van der Waals surface area contributed by atoms with Gasteiger partial charge in [-0.1, -0.05) is 0 Å². The second-order valence-electron chi connectivity index (χ2n) is 8.35. The molecule has 200 valence electrons. The van der Waals surface area contributed by atoms with Gasteiger partial charge in [0.1, 0.15) is 0 Å². The molecule has 0 aromatic heterocycles. The molecule has 0 radical (unpaired) electrons. The van der Waals surface area contributed by atoms with Gasteiger partial charge in [-0.2, -0.15) is 0 Å². The second kappa shape index (κ2) is 11.3. The highest BCUT2D eigenvalue weighted by Gasteiger charge is 2.27. The molecule has 4 aliphatic rings. The van der Waals surface area contributed by atoms with Crippen LogP contribution in [-0.2, 0) is 40.1 Å². The molecular weight excluding hydrogens is 536 g/mol. The van der Waals surface area contributed by atoms with E-state index in [1.54, 1.807) is 0 Å². The molecule has 0 aromatic carbocycles.